The van der Waals surface area contributed by atoms with Crippen molar-refractivity contribution < 1.29 is 23.1 Å². The van der Waals surface area contributed by atoms with Gasteiger partial charge in [0.15, 0.2) is 0 Å². The monoisotopic (exact) mass is 395 g/mol. The van der Waals surface area contributed by atoms with Crippen LogP contribution in [0.5, 0.6) is 0 Å². The number of nitro groups is 1. The molecular formula is C15H17N5O6S. The van der Waals surface area contributed by atoms with Crippen molar-refractivity contribution in [2.45, 2.75) is 11.8 Å². The Labute approximate surface area is 154 Å². The van der Waals surface area contributed by atoms with Crippen molar-refractivity contribution >= 4 is 28.0 Å². The van der Waals surface area contributed by atoms with Gasteiger partial charge in [0.25, 0.3) is 15.8 Å². The molecule has 0 fully saturated rings. The maximum atomic E-state index is 10.5. The van der Waals surface area contributed by atoms with Crippen LogP contribution in [0.4, 0.5) is 5.69 Å². The van der Waals surface area contributed by atoms with E-state index in [4.69, 9.17) is 15.5 Å². The third-order valence-electron chi connectivity index (χ3n) is 2.91. The molecule has 0 unspecified atom stereocenters. The SMILES string of the molecule is Cc1ccc(S(=O)(=O)O)cc1.NC(=N/N=C/c1ccc([N+](=O)[O-])cc1)NO. The average molecular weight is 395 g/mol. The van der Waals surface area contributed by atoms with E-state index in [0.29, 0.717) is 5.56 Å². The van der Waals surface area contributed by atoms with Gasteiger partial charge in [0.05, 0.1) is 16.0 Å². The number of nitro benzene ring substituents is 1. The summed E-state index contributed by atoms with van der Waals surface area (Å²) < 4.78 is 29.6. The number of non-ortho nitro benzene ring substituents is 1. The fourth-order valence-corrected chi connectivity index (χ4v) is 2.05. The maximum Gasteiger partial charge on any atom is 0.294 e. The Kier molecular flexibility index (Phi) is 8.00. The number of nitrogens with zero attached hydrogens (tertiary/aromatic N) is 3. The van der Waals surface area contributed by atoms with Crippen molar-refractivity contribution in [3.8, 4) is 0 Å². The van der Waals surface area contributed by atoms with Crippen LogP contribution >= 0.6 is 0 Å². The molecule has 0 heterocycles. The van der Waals surface area contributed by atoms with Gasteiger partial charge in [-0.1, -0.05) is 17.7 Å². The molecule has 0 radical (unpaired) electrons. The third-order valence-corrected chi connectivity index (χ3v) is 3.78. The van der Waals surface area contributed by atoms with E-state index in [-0.39, 0.29) is 16.5 Å². The summed E-state index contributed by atoms with van der Waals surface area (Å²) in [6, 6.07) is 11.7. The Balaban J connectivity index is 0.000000289. The number of nitrogens with one attached hydrogen (secondary N) is 1. The smallest absolute Gasteiger partial charge is 0.294 e. The first kappa shape index (κ1) is 21.7. The molecule has 11 nitrogen and oxygen atoms in total. The van der Waals surface area contributed by atoms with Gasteiger partial charge in [0, 0.05) is 12.1 Å². The summed E-state index contributed by atoms with van der Waals surface area (Å²) in [5.41, 5.74) is 8.27. The molecule has 2 aromatic carbocycles. The number of hydrogen-bond acceptors (Lipinski definition) is 7. The summed E-state index contributed by atoms with van der Waals surface area (Å²) >= 11 is 0. The Hall–Kier alpha value is -3.35. The molecule has 0 saturated heterocycles. The summed E-state index contributed by atoms with van der Waals surface area (Å²) in [4.78, 5) is 9.79. The Morgan fingerprint density at radius 3 is 2.19 bits per heavy atom. The highest BCUT2D eigenvalue weighted by Crippen LogP contribution is 2.10. The molecule has 27 heavy (non-hydrogen) atoms. The molecule has 0 aliphatic carbocycles. The van der Waals surface area contributed by atoms with Crippen LogP contribution < -0.4 is 11.2 Å². The molecule has 0 saturated carbocycles. The number of hydroxylamine groups is 1. The second-order valence-corrected chi connectivity index (χ2v) is 6.40. The van der Waals surface area contributed by atoms with E-state index >= 15 is 0 Å². The summed E-state index contributed by atoms with van der Waals surface area (Å²) in [7, 11) is -4.02. The molecule has 0 spiro atoms. The van der Waals surface area contributed by atoms with Gasteiger partial charge >= 0.3 is 0 Å². The van der Waals surface area contributed by atoms with E-state index in [1.165, 1.54) is 42.6 Å². The fraction of sp³-hybridized carbons (Fsp3) is 0.0667. The van der Waals surface area contributed by atoms with Gasteiger partial charge in [-0.25, -0.2) is 5.48 Å². The predicted octanol–water partition coefficient (Wildman–Crippen LogP) is 1.46. The highest BCUT2D eigenvalue weighted by molar-refractivity contribution is 7.85. The van der Waals surface area contributed by atoms with Crippen molar-refractivity contribution in [2.24, 2.45) is 15.9 Å². The number of benzene rings is 2. The Bertz CT molecular complexity index is 924. The molecular weight excluding hydrogens is 378 g/mol. The lowest BCUT2D eigenvalue weighted by molar-refractivity contribution is -0.384. The predicted molar refractivity (Wildman–Crippen MR) is 98.2 cm³/mol. The molecule has 2 aromatic rings. The molecule has 0 aliphatic heterocycles. The second kappa shape index (κ2) is 9.96. The highest BCUT2D eigenvalue weighted by atomic mass is 32.2. The molecule has 0 aromatic heterocycles. The van der Waals surface area contributed by atoms with Crippen molar-refractivity contribution in [1.82, 2.24) is 5.48 Å². The molecule has 0 bridgehead atoms. The zero-order valence-electron chi connectivity index (χ0n) is 14.1. The Morgan fingerprint density at radius 2 is 1.74 bits per heavy atom. The minimum Gasteiger partial charge on any atom is -0.367 e. The highest BCUT2D eigenvalue weighted by Gasteiger charge is 2.06. The van der Waals surface area contributed by atoms with Crippen LogP contribution in [-0.2, 0) is 10.1 Å². The fourth-order valence-electron chi connectivity index (χ4n) is 1.57. The topological polar surface area (TPSA) is 181 Å². The number of rotatable bonds is 4. The number of hydrogen-bond donors (Lipinski definition) is 4. The first-order valence-electron chi connectivity index (χ1n) is 7.18. The Morgan fingerprint density at radius 1 is 1.19 bits per heavy atom. The lowest BCUT2D eigenvalue weighted by Gasteiger charge is -1.95. The van der Waals surface area contributed by atoms with E-state index in [2.05, 4.69) is 10.2 Å². The third kappa shape index (κ3) is 8.04. The molecule has 5 N–H and O–H groups in total. The van der Waals surface area contributed by atoms with E-state index in [9.17, 15) is 18.5 Å². The quantitative estimate of drug-likeness (QED) is 0.197. The lowest BCUT2D eigenvalue weighted by atomic mass is 10.2. The number of guanidine groups is 1. The van der Waals surface area contributed by atoms with Gasteiger partial charge in [-0.2, -0.15) is 13.5 Å². The lowest BCUT2D eigenvalue weighted by Crippen LogP contribution is -2.27. The van der Waals surface area contributed by atoms with E-state index in [1.807, 2.05) is 6.92 Å². The van der Waals surface area contributed by atoms with Crippen molar-refractivity contribution in [1.29, 1.82) is 0 Å². The van der Waals surface area contributed by atoms with Crippen LogP contribution in [0.25, 0.3) is 0 Å². The van der Waals surface area contributed by atoms with Crippen molar-refractivity contribution in [2.75, 3.05) is 0 Å². The molecule has 0 atom stereocenters. The van der Waals surface area contributed by atoms with Crippen LogP contribution in [0.2, 0.25) is 0 Å². The van der Waals surface area contributed by atoms with Gasteiger partial charge in [-0.05, 0) is 36.8 Å². The van der Waals surface area contributed by atoms with Crippen molar-refractivity contribution in [3.63, 3.8) is 0 Å². The summed E-state index contributed by atoms with van der Waals surface area (Å²) in [5, 5.41) is 25.5. The van der Waals surface area contributed by atoms with Crippen LogP contribution in [-0.4, -0.2) is 35.3 Å². The summed E-state index contributed by atoms with van der Waals surface area (Å²) in [6.07, 6.45) is 1.34. The van der Waals surface area contributed by atoms with Gasteiger partial charge in [0.2, 0.25) is 5.96 Å². The minimum absolute atomic E-state index is 0.00260. The zero-order chi connectivity index (χ0) is 20.4. The van der Waals surface area contributed by atoms with Crippen LogP contribution in [0.3, 0.4) is 0 Å². The second-order valence-electron chi connectivity index (χ2n) is 4.98. The largest absolute Gasteiger partial charge is 0.367 e. The van der Waals surface area contributed by atoms with Crippen molar-refractivity contribution in [3.05, 3.63) is 69.8 Å². The van der Waals surface area contributed by atoms with Crippen LogP contribution in [0.1, 0.15) is 11.1 Å². The molecule has 2 rings (SSSR count). The number of nitrogens with two attached hydrogens (primary N) is 1. The normalized spacial score (nSPS) is 11.6. The number of aryl methyl sites for hydroxylation is 1. The van der Waals surface area contributed by atoms with Gasteiger partial charge in [0.1, 0.15) is 0 Å². The molecule has 12 heteroatoms. The van der Waals surface area contributed by atoms with E-state index in [0.717, 1.165) is 5.56 Å². The average Bonchev–Trinajstić information content (AvgIpc) is 2.62. The minimum atomic E-state index is -4.02. The van der Waals surface area contributed by atoms with Gasteiger partial charge in [-0.3, -0.25) is 19.9 Å². The molecule has 0 aliphatic rings. The maximum absolute atomic E-state index is 10.5. The van der Waals surface area contributed by atoms with E-state index in [1.54, 1.807) is 17.6 Å². The van der Waals surface area contributed by atoms with Crippen LogP contribution in [0.15, 0.2) is 63.6 Å². The molecule has 144 valence electrons. The van der Waals surface area contributed by atoms with Crippen LogP contribution in [0, 0.1) is 17.0 Å². The standard InChI is InChI=1S/C8H9N5O3.C7H8O3S/c9-8(12-14)11-10-5-6-1-3-7(4-2-6)13(15)16;1-6-2-4-7(5-3-6)11(8,9)10/h1-5,14H,(H3,9,11,12);2-5H,1H3,(H,8,9,10)/b10-5+;. The zero-order valence-corrected chi connectivity index (χ0v) is 14.9. The summed E-state index contributed by atoms with van der Waals surface area (Å²) in [5.74, 6) is -0.252. The first-order valence-corrected chi connectivity index (χ1v) is 8.62. The van der Waals surface area contributed by atoms with Gasteiger partial charge in [-0.15, -0.1) is 5.10 Å². The molecule has 0 amide bonds. The van der Waals surface area contributed by atoms with Gasteiger partial charge < -0.3 is 5.73 Å². The first-order chi connectivity index (χ1) is 12.6. The van der Waals surface area contributed by atoms with E-state index < -0.39 is 15.0 Å². The summed E-state index contributed by atoms with van der Waals surface area (Å²) in [6.45, 7) is 1.84.